The average Bonchev–Trinajstić information content (AvgIpc) is 2.75. The van der Waals surface area contributed by atoms with Crippen LogP contribution in [0.25, 0.3) is 0 Å². The molecular formula is C22H25FN4O3. The number of benzene rings is 1. The molecule has 0 unspecified atom stereocenters. The third-order valence-electron chi connectivity index (χ3n) is 5.12. The molecule has 1 saturated heterocycles. The number of carbonyl (C=O) groups is 2. The number of hydrogen-bond donors (Lipinski definition) is 1. The maximum Gasteiger partial charge on any atom is 0.267 e. The van der Waals surface area contributed by atoms with Crippen LogP contribution in [-0.4, -0.2) is 59.3 Å². The first-order valence-corrected chi connectivity index (χ1v) is 9.69. The van der Waals surface area contributed by atoms with E-state index in [0.29, 0.717) is 49.6 Å². The molecule has 3 rings (SSSR count). The molecule has 1 fully saturated rings. The third-order valence-corrected chi connectivity index (χ3v) is 5.12. The number of hydrogen-bond acceptors (Lipinski definition) is 5. The molecule has 30 heavy (non-hydrogen) atoms. The van der Waals surface area contributed by atoms with Crippen LogP contribution in [0.5, 0.6) is 5.75 Å². The maximum absolute atomic E-state index is 14.2. The standard InChI is InChI=1S/C22H25FN4O3/c1-3-21(28)27-10-8-26(9-11-27)14-20(16-5-4-15(2)18(23)12-16)30-17-6-7-19(22(24)29)25-13-17/h3-7,12-13,20H,1,8-11,14H2,2H3,(H2,24,29)/t20-/m1/s1. The smallest absolute Gasteiger partial charge is 0.267 e. The Bertz CT molecular complexity index is 924. The van der Waals surface area contributed by atoms with Crippen molar-refractivity contribution in [2.24, 2.45) is 5.73 Å². The Balaban J connectivity index is 1.76. The fourth-order valence-electron chi connectivity index (χ4n) is 3.29. The van der Waals surface area contributed by atoms with E-state index in [9.17, 15) is 14.0 Å². The van der Waals surface area contributed by atoms with Crippen LogP contribution in [-0.2, 0) is 4.79 Å². The van der Waals surface area contributed by atoms with E-state index in [0.717, 1.165) is 0 Å². The molecule has 1 aliphatic heterocycles. The summed E-state index contributed by atoms with van der Waals surface area (Å²) in [5.74, 6) is -0.550. The Kier molecular flexibility index (Phi) is 6.79. The van der Waals surface area contributed by atoms with E-state index in [4.69, 9.17) is 10.5 Å². The molecule has 1 aromatic carbocycles. The topological polar surface area (TPSA) is 88.8 Å². The third kappa shape index (κ3) is 5.21. The number of pyridine rings is 1. The van der Waals surface area contributed by atoms with Gasteiger partial charge in [0, 0.05) is 32.7 Å². The summed E-state index contributed by atoms with van der Waals surface area (Å²) in [6, 6.07) is 8.14. The summed E-state index contributed by atoms with van der Waals surface area (Å²) in [5.41, 5.74) is 6.62. The van der Waals surface area contributed by atoms with Gasteiger partial charge in [0.2, 0.25) is 5.91 Å². The molecular weight excluding hydrogens is 387 g/mol. The first kappa shape index (κ1) is 21.4. The van der Waals surface area contributed by atoms with Gasteiger partial charge in [0.15, 0.2) is 0 Å². The second-order valence-electron chi connectivity index (χ2n) is 7.19. The lowest BCUT2D eigenvalue weighted by molar-refractivity contribution is -0.127. The van der Waals surface area contributed by atoms with Crippen molar-refractivity contribution in [2.45, 2.75) is 13.0 Å². The summed E-state index contributed by atoms with van der Waals surface area (Å²) in [7, 11) is 0. The molecule has 1 atom stereocenters. The molecule has 0 aliphatic carbocycles. The molecule has 2 heterocycles. The zero-order valence-corrected chi connectivity index (χ0v) is 16.9. The minimum atomic E-state index is -0.620. The van der Waals surface area contributed by atoms with E-state index in [1.54, 1.807) is 24.0 Å². The molecule has 1 aliphatic rings. The van der Waals surface area contributed by atoms with Gasteiger partial charge >= 0.3 is 0 Å². The molecule has 0 radical (unpaired) electrons. The number of aromatic nitrogens is 1. The quantitative estimate of drug-likeness (QED) is 0.704. The van der Waals surface area contributed by atoms with Gasteiger partial charge < -0.3 is 15.4 Å². The Hall–Kier alpha value is -3.26. The van der Waals surface area contributed by atoms with Crippen molar-refractivity contribution < 1.29 is 18.7 Å². The SMILES string of the molecule is C=CC(=O)N1CCN(C[C@@H](Oc2ccc(C(N)=O)nc2)c2ccc(C)c(F)c2)CC1. The van der Waals surface area contributed by atoms with E-state index < -0.39 is 12.0 Å². The Morgan fingerprint density at radius 2 is 2.00 bits per heavy atom. The van der Waals surface area contributed by atoms with Crippen LogP contribution in [0.4, 0.5) is 4.39 Å². The van der Waals surface area contributed by atoms with E-state index >= 15 is 0 Å². The lowest BCUT2D eigenvalue weighted by Gasteiger charge is -2.36. The molecule has 0 saturated carbocycles. The average molecular weight is 412 g/mol. The van der Waals surface area contributed by atoms with Crippen molar-refractivity contribution in [1.82, 2.24) is 14.8 Å². The van der Waals surface area contributed by atoms with Gasteiger partial charge in [-0.3, -0.25) is 14.5 Å². The van der Waals surface area contributed by atoms with Crippen molar-refractivity contribution in [3.8, 4) is 5.75 Å². The van der Waals surface area contributed by atoms with Crippen LogP contribution < -0.4 is 10.5 Å². The van der Waals surface area contributed by atoms with Crippen LogP contribution in [0.3, 0.4) is 0 Å². The van der Waals surface area contributed by atoms with Gasteiger partial charge in [-0.25, -0.2) is 9.37 Å². The number of carbonyl (C=O) groups excluding carboxylic acids is 2. The van der Waals surface area contributed by atoms with Crippen molar-refractivity contribution in [2.75, 3.05) is 32.7 Å². The molecule has 1 aromatic heterocycles. The number of halogens is 1. The van der Waals surface area contributed by atoms with Crippen molar-refractivity contribution in [3.05, 3.63) is 71.8 Å². The normalized spacial score (nSPS) is 15.5. The second kappa shape index (κ2) is 9.49. The maximum atomic E-state index is 14.2. The molecule has 158 valence electrons. The fraction of sp³-hybridized carbons (Fsp3) is 0.318. The lowest BCUT2D eigenvalue weighted by Crippen LogP contribution is -2.49. The van der Waals surface area contributed by atoms with Gasteiger partial charge in [0.25, 0.3) is 5.91 Å². The molecule has 8 heteroatoms. The number of nitrogens with zero attached hydrogens (tertiary/aromatic N) is 3. The summed E-state index contributed by atoms with van der Waals surface area (Å²) < 4.78 is 20.3. The highest BCUT2D eigenvalue weighted by molar-refractivity contribution is 5.90. The van der Waals surface area contributed by atoms with Gasteiger partial charge in [-0.2, -0.15) is 0 Å². The zero-order valence-electron chi connectivity index (χ0n) is 16.9. The Morgan fingerprint density at radius 3 is 2.57 bits per heavy atom. The van der Waals surface area contributed by atoms with Gasteiger partial charge in [0.1, 0.15) is 23.4 Å². The number of amides is 2. The summed E-state index contributed by atoms with van der Waals surface area (Å²) in [5, 5.41) is 0. The van der Waals surface area contributed by atoms with Crippen LogP contribution in [0.2, 0.25) is 0 Å². The van der Waals surface area contributed by atoms with Gasteiger partial charge in [-0.15, -0.1) is 0 Å². The highest BCUT2D eigenvalue weighted by atomic mass is 19.1. The first-order valence-electron chi connectivity index (χ1n) is 9.69. The van der Waals surface area contributed by atoms with Crippen LogP contribution >= 0.6 is 0 Å². The molecule has 2 amide bonds. The minimum Gasteiger partial charge on any atom is -0.483 e. The van der Waals surface area contributed by atoms with Gasteiger partial charge in [-0.05, 0) is 42.3 Å². The Labute approximate surface area is 174 Å². The number of primary amides is 1. The fourth-order valence-corrected chi connectivity index (χ4v) is 3.29. The Morgan fingerprint density at radius 1 is 1.27 bits per heavy atom. The summed E-state index contributed by atoms with van der Waals surface area (Å²) in [6.07, 6.45) is 2.29. The van der Waals surface area contributed by atoms with E-state index in [-0.39, 0.29) is 17.4 Å². The van der Waals surface area contributed by atoms with Gasteiger partial charge in [-0.1, -0.05) is 18.7 Å². The second-order valence-corrected chi connectivity index (χ2v) is 7.19. The van der Waals surface area contributed by atoms with E-state index in [1.807, 2.05) is 6.07 Å². The predicted octanol–water partition coefficient (Wildman–Crippen LogP) is 2.08. The summed E-state index contributed by atoms with van der Waals surface area (Å²) in [6.45, 7) is 8.27. The summed E-state index contributed by atoms with van der Waals surface area (Å²) >= 11 is 0. The van der Waals surface area contributed by atoms with Crippen LogP contribution in [0.1, 0.15) is 27.7 Å². The van der Waals surface area contributed by atoms with Crippen molar-refractivity contribution >= 4 is 11.8 Å². The molecule has 0 spiro atoms. The van der Waals surface area contributed by atoms with Crippen LogP contribution in [0.15, 0.2) is 49.2 Å². The number of piperazine rings is 1. The number of ether oxygens (including phenoxy) is 1. The van der Waals surface area contributed by atoms with E-state index in [1.165, 1.54) is 24.4 Å². The molecule has 7 nitrogen and oxygen atoms in total. The van der Waals surface area contributed by atoms with Crippen molar-refractivity contribution in [3.63, 3.8) is 0 Å². The number of nitrogens with two attached hydrogens (primary N) is 1. The predicted molar refractivity (Wildman–Crippen MR) is 110 cm³/mol. The van der Waals surface area contributed by atoms with Crippen molar-refractivity contribution in [1.29, 1.82) is 0 Å². The number of aryl methyl sites for hydroxylation is 1. The molecule has 2 aromatic rings. The molecule has 0 bridgehead atoms. The highest BCUT2D eigenvalue weighted by Crippen LogP contribution is 2.25. The van der Waals surface area contributed by atoms with Crippen LogP contribution in [0, 0.1) is 12.7 Å². The largest absolute Gasteiger partial charge is 0.483 e. The van der Waals surface area contributed by atoms with E-state index in [2.05, 4.69) is 16.5 Å². The van der Waals surface area contributed by atoms with Gasteiger partial charge in [0.05, 0.1) is 6.20 Å². The number of rotatable bonds is 7. The first-order chi connectivity index (χ1) is 14.4. The molecule has 2 N–H and O–H groups in total. The zero-order chi connectivity index (χ0) is 21.7. The monoisotopic (exact) mass is 412 g/mol. The summed E-state index contributed by atoms with van der Waals surface area (Å²) in [4.78, 5) is 30.9. The minimum absolute atomic E-state index is 0.0799. The highest BCUT2D eigenvalue weighted by Gasteiger charge is 2.24. The lowest BCUT2D eigenvalue weighted by atomic mass is 10.1.